The summed E-state index contributed by atoms with van der Waals surface area (Å²) in [5.74, 6) is 0. The van der Waals surface area contributed by atoms with Gasteiger partial charge in [0, 0.05) is 27.1 Å². The van der Waals surface area contributed by atoms with Crippen LogP contribution in [0, 0.1) is 0 Å². The van der Waals surface area contributed by atoms with Gasteiger partial charge in [-0.1, -0.05) is 0 Å². The van der Waals surface area contributed by atoms with Gasteiger partial charge in [-0.3, -0.25) is 0 Å². The van der Waals surface area contributed by atoms with Gasteiger partial charge in [-0.2, -0.15) is 0 Å². The molecule has 0 amide bonds. The molecule has 0 aromatic carbocycles. The lowest BCUT2D eigenvalue weighted by Gasteiger charge is -2.39. The fraction of sp³-hybridized carbons (Fsp3) is 1.00. The molecule has 1 heterocycles. The molecule has 1 aliphatic heterocycles. The number of ether oxygens (including phenoxy) is 3. The monoisotopic (exact) mass is 174 g/mol. The molecule has 0 aromatic rings. The van der Waals surface area contributed by atoms with Crippen LogP contribution >= 0.6 is 0 Å². The highest BCUT2D eigenvalue weighted by molar-refractivity contribution is 4.83. The number of hydrogen-bond acceptors (Lipinski definition) is 3. The second-order valence-electron chi connectivity index (χ2n) is 3.67. The maximum Gasteiger partial charge on any atom is 0.160 e. The van der Waals surface area contributed by atoms with Crippen LogP contribution in [0.1, 0.15) is 26.7 Å². The van der Waals surface area contributed by atoms with Crippen LogP contribution in [0.15, 0.2) is 0 Å². The minimum absolute atomic E-state index is 0.0850. The summed E-state index contributed by atoms with van der Waals surface area (Å²) < 4.78 is 16.1. The highest BCUT2D eigenvalue weighted by Gasteiger charge is 2.36. The first-order valence-electron chi connectivity index (χ1n) is 4.33. The fourth-order valence-corrected chi connectivity index (χ4v) is 1.70. The minimum atomic E-state index is -0.112. The molecule has 72 valence electrons. The zero-order chi connectivity index (χ0) is 9.19. The third-order valence-corrected chi connectivity index (χ3v) is 2.46. The second kappa shape index (κ2) is 3.73. The van der Waals surface area contributed by atoms with Gasteiger partial charge in [0.1, 0.15) is 0 Å². The number of hydrogen-bond donors (Lipinski definition) is 0. The zero-order valence-corrected chi connectivity index (χ0v) is 8.29. The van der Waals surface area contributed by atoms with Gasteiger partial charge >= 0.3 is 0 Å². The summed E-state index contributed by atoms with van der Waals surface area (Å²) in [6.45, 7) is 4.14. The first kappa shape index (κ1) is 9.96. The second-order valence-corrected chi connectivity index (χ2v) is 3.67. The quantitative estimate of drug-likeness (QED) is 0.636. The summed E-state index contributed by atoms with van der Waals surface area (Å²) in [5.41, 5.74) is -0.0850. The Hall–Kier alpha value is -0.120. The predicted octanol–water partition coefficient (Wildman–Crippen LogP) is 1.56. The molecule has 3 heteroatoms. The molecule has 3 nitrogen and oxygen atoms in total. The molecule has 0 aliphatic carbocycles. The van der Waals surface area contributed by atoms with Gasteiger partial charge in [0.25, 0.3) is 0 Å². The Balaban J connectivity index is 2.56. The van der Waals surface area contributed by atoms with Crippen LogP contribution in [0.2, 0.25) is 0 Å². The van der Waals surface area contributed by atoms with Gasteiger partial charge < -0.3 is 14.2 Å². The maximum atomic E-state index is 5.53. The van der Waals surface area contributed by atoms with E-state index in [2.05, 4.69) is 6.92 Å². The van der Waals surface area contributed by atoms with Crippen molar-refractivity contribution in [3.8, 4) is 0 Å². The van der Waals surface area contributed by atoms with Gasteiger partial charge in [-0.05, 0) is 13.8 Å². The van der Waals surface area contributed by atoms with E-state index in [1.165, 1.54) is 0 Å². The average Bonchev–Trinajstić information content (AvgIpc) is 2.03. The molecule has 0 bridgehead atoms. The van der Waals surface area contributed by atoms with E-state index in [4.69, 9.17) is 14.2 Å². The fourth-order valence-electron chi connectivity index (χ4n) is 1.70. The Morgan fingerprint density at radius 1 is 1.33 bits per heavy atom. The molecule has 1 fully saturated rings. The molecular formula is C9H18O3. The van der Waals surface area contributed by atoms with E-state index in [1.54, 1.807) is 14.2 Å². The van der Waals surface area contributed by atoms with Crippen molar-refractivity contribution in [2.24, 2.45) is 0 Å². The lowest BCUT2D eigenvalue weighted by Crippen LogP contribution is -2.44. The molecule has 1 rings (SSSR count). The van der Waals surface area contributed by atoms with Crippen LogP contribution in [0.3, 0.4) is 0 Å². The summed E-state index contributed by atoms with van der Waals surface area (Å²) in [4.78, 5) is 0. The van der Waals surface area contributed by atoms with Crippen molar-refractivity contribution in [3.63, 3.8) is 0 Å². The van der Waals surface area contributed by atoms with Crippen LogP contribution in [0.25, 0.3) is 0 Å². The molecule has 0 N–H and O–H groups in total. The Labute approximate surface area is 74.0 Å². The predicted molar refractivity (Wildman–Crippen MR) is 46.0 cm³/mol. The van der Waals surface area contributed by atoms with Crippen molar-refractivity contribution < 1.29 is 14.2 Å². The Kier molecular flexibility index (Phi) is 3.09. The average molecular weight is 174 g/mol. The number of methoxy groups -OCH3 is 2. The standard InChI is InChI=1S/C9H18O3/c1-7-5-9(2,11-4)6-8(10-3)12-7/h7-8H,5-6H2,1-4H3/t7-,8+,9-/m0/s1. The molecule has 12 heavy (non-hydrogen) atoms. The molecule has 1 aliphatic rings. The topological polar surface area (TPSA) is 27.7 Å². The lowest BCUT2D eigenvalue weighted by molar-refractivity contribution is -0.227. The van der Waals surface area contributed by atoms with E-state index in [0.717, 1.165) is 12.8 Å². The van der Waals surface area contributed by atoms with Gasteiger partial charge in [0.15, 0.2) is 6.29 Å². The van der Waals surface area contributed by atoms with Crippen molar-refractivity contribution in [2.45, 2.75) is 44.7 Å². The normalized spacial score (nSPS) is 43.0. The maximum absolute atomic E-state index is 5.53. The first-order chi connectivity index (χ1) is 5.59. The molecule has 0 radical (unpaired) electrons. The van der Waals surface area contributed by atoms with Crippen molar-refractivity contribution >= 4 is 0 Å². The smallest absolute Gasteiger partial charge is 0.160 e. The largest absolute Gasteiger partial charge is 0.378 e. The van der Waals surface area contributed by atoms with Crippen molar-refractivity contribution in [1.29, 1.82) is 0 Å². The van der Waals surface area contributed by atoms with Crippen LogP contribution in [0.5, 0.6) is 0 Å². The minimum Gasteiger partial charge on any atom is -0.378 e. The summed E-state index contributed by atoms with van der Waals surface area (Å²) >= 11 is 0. The van der Waals surface area contributed by atoms with Gasteiger partial charge in [-0.15, -0.1) is 0 Å². The number of rotatable bonds is 2. The molecule has 0 aromatic heterocycles. The Morgan fingerprint density at radius 3 is 2.50 bits per heavy atom. The first-order valence-corrected chi connectivity index (χ1v) is 4.33. The molecule has 0 unspecified atom stereocenters. The Bertz CT molecular complexity index is 149. The summed E-state index contributed by atoms with van der Waals surface area (Å²) in [7, 11) is 3.41. The van der Waals surface area contributed by atoms with Crippen molar-refractivity contribution in [1.82, 2.24) is 0 Å². The van der Waals surface area contributed by atoms with Crippen molar-refractivity contribution in [2.75, 3.05) is 14.2 Å². The van der Waals surface area contributed by atoms with Crippen LogP contribution < -0.4 is 0 Å². The van der Waals surface area contributed by atoms with Gasteiger partial charge in [0.2, 0.25) is 0 Å². The molecule has 0 saturated carbocycles. The Morgan fingerprint density at radius 2 is 2.00 bits per heavy atom. The van der Waals surface area contributed by atoms with Gasteiger partial charge in [0.05, 0.1) is 11.7 Å². The molecule has 3 atom stereocenters. The zero-order valence-electron chi connectivity index (χ0n) is 8.29. The lowest BCUT2D eigenvalue weighted by atomic mass is 9.92. The third-order valence-electron chi connectivity index (χ3n) is 2.46. The van der Waals surface area contributed by atoms with Crippen LogP contribution in [-0.4, -0.2) is 32.2 Å². The van der Waals surface area contributed by atoms with E-state index in [1.807, 2.05) is 6.92 Å². The molecule has 0 spiro atoms. The van der Waals surface area contributed by atoms with Gasteiger partial charge in [-0.25, -0.2) is 0 Å². The van der Waals surface area contributed by atoms with E-state index in [-0.39, 0.29) is 18.0 Å². The van der Waals surface area contributed by atoms with E-state index in [0.29, 0.717) is 0 Å². The highest BCUT2D eigenvalue weighted by Crippen LogP contribution is 2.31. The van der Waals surface area contributed by atoms with E-state index < -0.39 is 0 Å². The van der Waals surface area contributed by atoms with Crippen LogP contribution in [-0.2, 0) is 14.2 Å². The summed E-state index contributed by atoms with van der Waals surface area (Å²) in [6, 6.07) is 0. The SMILES string of the molecule is CO[C@H]1C[C@@](C)(OC)C[C@H](C)O1. The highest BCUT2D eigenvalue weighted by atomic mass is 16.7. The summed E-state index contributed by atoms with van der Waals surface area (Å²) in [5, 5.41) is 0. The van der Waals surface area contributed by atoms with E-state index >= 15 is 0 Å². The molecular weight excluding hydrogens is 156 g/mol. The van der Waals surface area contributed by atoms with Crippen LogP contribution in [0.4, 0.5) is 0 Å². The van der Waals surface area contributed by atoms with Crippen molar-refractivity contribution in [3.05, 3.63) is 0 Å². The third kappa shape index (κ3) is 2.19. The summed E-state index contributed by atoms with van der Waals surface area (Å²) in [6.07, 6.45) is 1.85. The van der Waals surface area contributed by atoms with E-state index in [9.17, 15) is 0 Å². The molecule has 1 saturated heterocycles.